The highest BCUT2D eigenvalue weighted by atomic mass is 16.5. The van der Waals surface area contributed by atoms with Crippen molar-refractivity contribution in [2.75, 3.05) is 0 Å². The molecule has 2 N–H and O–H groups in total. The summed E-state index contributed by atoms with van der Waals surface area (Å²) in [6.45, 7) is 5.29. The summed E-state index contributed by atoms with van der Waals surface area (Å²) in [5.74, 6) is -0.0714. The topological polar surface area (TPSA) is 132 Å². The first-order valence-electron chi connectivity index (χ1n) is 15.5. The fraction of sp³-hybridized carbons (Fsp3) is 0.306. The molecule has 5 rings (SSSR count). The van der Waals surface area contributed by atoms with Gasteiger partial charge in [-0.3, -0.25) is 14.4 Å². The molecule has 0 aliphatic heterocycles. The van der Waals surface area contributed by atoms with E-state index in [1.54, 1.807) is 25.1 Å². The SMILES string of the molecule is Cc1cc(-c2c(-c3ccco3)nn(CC(=O)N[C@@H](C)CCc3ccccc3)c(=O)c2CC(=O)N[C@@H](C)CCc2ccccc2)on1. The van der Waals surface area contributed by atoms with E-state index in [4.69, 9.17) is 8.94 Å². The lowest BCUT2D eigenvalue weighted by atomic mass is 10.00. The maximum absolute atomic E-state index is 14.0. The molecule has 5 aromatic rings. The highest BCUT2D eigenvalue weighted by Crippen LogP contribution is 2.33. The number of aromatic nitrogens is 3. The quantitative estimate of drug-likeness (QED) is 0.172. The predicted octanol–water partition coefficient (Wildman–Crippen LogP) is 5.28. The number of hydrogen-bond donors (Lipinski definition) is 2. The summed E-state index contributed by atoms with van der Waals surface area (Å²) in [5.41, 5.74) is 3.10. The van der Waals surface area contributed by atoms with Gasteiger partial charge >= 0.3 is 0 Å². The molecule has 0 fully saturated rings. The second-order valence-corrected chi connectivity index (χ2v) is 11.6. The number of aryl methyl sites for hydroxylation is 3. The largest absolute Gasteiger partial charge is 0.463 e. The van der Waals surface area contributed by atoms with Crippen molar-refractivity contribution >= 4 is 11.8 Å². The van der Waals surface area contributed by atoms with E-state index in [1.807, 2.05) is 62.4 Å². The summed E-state index contributed by atoms with van der Waals surface area (Å²) < 4.78 is 12.4. The van der Waals surface area contributed by atoms with Gasteiger partial charge in [0.1, 0.15) is 12.2 Å². The van der Waals surface area contributed by atoms with Gasteiger partial charge in [0.05, 0.1) is 23.9 Å². The average molecular weight is 622 g/mol. The smallest absolute Gasteiger partial charge is 0.271 e. The number of nitrogens with zero attached hydrogens (tertiary/aromatic N) is 3. The van der Waals surface area contributed by atoms with Gasteiger partial charge in [0.2, 0.25) is 11.8 Å². The predicted molar refractivity (Wildman–Crippen MR) is 175 cm³/mol. The van der Waals surface area contributed by atoms with Crippen LogP contribution in [0.1, 0.15) is 49.1 Å². The summed E-state index contributed by atoms with van der Waals surface area (Å²) in [6, 6.07) is 24.9. The number of carbonyl (C=O) groups excluding carboxylic acids is 2. The minimum Gasteiger partial charge on any atom is -0.463 e. The Morgan fingerprint density at radius 2 is 1.43 bits per heavy atom. The van der Waals surface area contributed by atoms with E-state index >= 15 is 0 Å². The van der Waals surface area contributed by atoms with Gasteiger partial charge in [0, 0.05) is 23.7 Å². The van der Waals surface area contributed by atoms with Gasteiger partial charge in [-0.25, -0.2) is 4.68 Å². The third kappa shape index (κ3) is 8.47. The third-order valence-electron chi connectivity index (χ3n) is 7.74. The highest BCUT2D eigenvalue weighted by molar-refractivity contribution is 5.85. The highest BCUT2D eigenvalue weighted by Gasteiger charge is 2.27. The lowest BCUT2D eigenvalue weighted by Crippen LogP contribution is -2.40. The van der Waals surface area contributed by atoms with Crippen LogP contribution in [0.4, 0.5) is 0 Å². The Morgan fingerprint density at radius 1 is 0.826 bits per heavy atom. The molecular formula is C36H39N5O5. The Balaban J connectivity index is 1.40. The summed E-state index contributed by atoms with van der Waals surface area (Å²) in [4.78, 5) is 40.6. The Bertz CT molecular complexity index is 1800. The molecule has 0 radical (unpaired) electrons. The number of carbonyl (C=O) groups is 2. The van der Waals surface area contributed by atoms with Crippen molar-refractivity contribution < 1.29 is 18.5 Å². The Labute approximate surface area is 267 Å². The number of amides is 2. The molecular weight excluding hydrogens is 582 g/mol. The van der Waals surface area contributed by atoms with Crippen LogP contribution in [0.25, 0.3) is 22.8 Å². The van der Waals surface area contributed by atoms with Crippen molar-refractivity contribution in [3.05, 3.63) is 118 Å². The molecule has 0 aliphatic carbocycles. The fourth-order valence-corrected chi connectivity index (χ4v) is 5.37. The van der Waals surface area contributed by atoms with Gasteiger partial charge in [-0.15, -0.1) is 0 Å². The molecule has 2 aromatic carbocycles. The summed E-state index contributed by atoms with van der Waals surface area (Å²) >= 11 is 0. The van der Waals surface area contributed by atoms with Crippen LogP contribution < -0.4 is 16.2 Å². The van der Waals surface area contributed by atoms with Crippen molar-refractivity contribution in [3.8, 4) is 22.8 Å². The molecule has 10 heteroatoms. The summed E-state index contributed by atoms with van der Waals surface area (Å²) in [5, 5.41) is 14.6. The second-order valence-electron chi connectivity index (χ2n) is 11.6. The van der Waals surface area contributed by atoms with E-state index in [0.717, 1.165) is 30.4 Å². The van der Waals surface area contributed by atoms with Gasteiger partial charge in [-0.1, -0.05) is 65.8 Å². The molecule has 2 atom stereocenters. The Morgan fingerprint density at radius 3 is 1.98 bits per heavy atom. The molecule has 10 nitrogen and oxygen atoms in total. The first-order chi connectivity index (χ1) is 22.3. The summed E-state index contributed by atoms with van der Waals surface area (Å²) in [6.07, 6.45) is 4.29. The Hall–Kier alpha value is -5.25. The van der Waals surface area contributed by atoms with Crippen molar-refractivity contribution in [2.45, 2.75) is 71.5 Å². The minimum atomic E-state index is -0.571. The van der Waals surface area contributed by atoms with Gasteiger partial charge in [-0.2, -0.15) is 5.10 Å². The van der Waals surface area contributed by atoms with Gasteiger partial charge in [0.25, 0.3) is 5.56 Å². The van der Waals surface area contributed by atoms with Crippen LogP contribution in [-0.4, -0.2) is 38.8 Å². The maximum Gasteiger partial charge on any atom is 0.271 e. The van der Waals surface area contributed by atoms with E-state index in [9.17, 15) is 14.4 Å². The molecule has 238 valence electrons. The van der Waals surface area contributed by atoms with Crippen LogP contribution in [0.2, 0.25) is 0 Å². The fourth-order valence-electron chi connectivity index (χ4n) is 5.37. The molecule has 0 bridgehead atoms. The molecule has 2 amide bonds. The first-order valence-corrected chi connectivity index (χ1v) is 15.5. The van der Waals surface area contributed by atoms with Crippen LogP contribution in [0.5, 0.6) is 0 Å². The molecule has 3 heterocycles. The Kier molecular flexibility index (Phi) is 10.6. The number of nitrogens with one attached hydrogen (secondary N) is 2. The third-order valence-corrected chi connectivity index (χ3v) is 7.74. The molecule has 0 saturated carbocycles. The van der Waals surface area contributed by atoms with Gasteiger partial charge < -0.3 is 19.6 Å². The normalized spacial score (nSPS) is 12.4. The van der Waals surface area contributed by atoms with Crippen molar-refractivity contribution in [2.24, 2.45) is 0 Å². The molecule has 0 aliphatic rings. The number of furan rings is 1. The van der Waals surface area contributed by atoms with Crippen molar-refractivity contribution in [1.82, 2.24) is 25.6 Å². The van der Waals surface area contributed by atoms with E-state index in [2.05, 4.69) is 33.0 Å². The molecule has 0 spiro atoms. The molecule has 0 saturated heterocycles. The second kappa shape index (κ2) is 15.2. The van der Waals surface area contributed by atoms with Crippen LogP contribution >= 0.6 is 0 Å². The minimum absolute atomic E-state index is 0.132. The standard InChI is InChI=1S/C36H39N5O5/c1-24(16-18-27-11-6-4-7-12-27)37-32(42)22-29-34(31-21-26(3)40-46-31)35(30-15-10-20-45-30)39-41(36(29)44)23-33(43)38-25(2)17-19-28-13-8-5-9-14-28/h4-15,20-21,24-25H,16-19,22-23H2,1-3H3,(H,37,42)(H,38,43)/t24-,25-/m0/s1. The molecule has 46 heavy (non-hydrogen) atoms. The molecule has 0 unspecified atom stereocenters. The summed E-state index contributed by atoms with van der Waals surface area (Å²) in [7, 11) is 0. The lowest BCUT2D eigenvalue weighted by molar-refractivity contribution is -0.122. The van der Waals surface area contributed by atoms with Crippen molar-refractivity contribution in [3.63, 3.8) is 0 Å². The number of hydrogen-bond acceptors (Lipinski definition) is 7. The monoisotopic (exact) mass is 621 g/mol. The zero-order valence-electron chi connectivity index (χ0n) is 26.4. The van der Waals surface area contributed by atoms with Crippen LogP contribution in [0.15, 0.2) is 98.9 Å². The van der Waals surface area contributed by atoms with E-state index in [1.165, 1.54) is 17.4 Å². The number of benzene rings is 2. The van der Waals surface area contributed by atoms with Gasteiger partial charge in [0.15, 0.2) is 11.5 Å². The average Bonchev–Trinajstić information content (AvgIpc) is 3.74. The zero-order valence-corrected chi connectivity index (χ0v) is 26.4. The molecule has 3 aromatic heterocycles. The van der Waals surface area contributed by atoms with Crippen LogP contribution in [0, 0.1) is 6.92 Å². The van der Waals surface area contributed by atoms with Crippen LogP contribution in [-0.2, 0) is 35.4 Å². The zero-order chi connectivity index (χ0) is 32.5. The van der Waals surface area contributed by atoms with E-state index in [-0.39, 0.29) is 53.9 Å². The van der Waals surface area contributed by atoms with Crippen molar-refractivity contribution in [1.29, 1.82) is 0 Å². The maximum atomic E-state index is 14.0. The first kappa shape index (κ1) is 32.2. The van der Waals surface area contributed by atoms with E-state index in [0.29, 0.717) is 17.0 Å². The van der Waals surface area contributed by atoms with E-state index < -0.39 is 5.56 Å². The van der Waals surface area contributed by atoms with Gasteiger partial charge in [-0.05, 0) is 69.7 Å². The number of rotatable bonds is 14. The lowest BCUT2D eigenvalue weighted by Gasteiger charge is -2.18. The van der Waals surface area contributed by atoms with Crippen LogP contribution in [0.3, 0.4) is 0 Å².